The molecule has 0 saturated carbocycles. The van der Waals surface area contributed by atoms with Crippen LogP contribution in [0.15, 0.2) is 36.7 Å². The van der Waals surface area contributed by atoms with E-state index in [1.807, 2.05) is 12.4 Å². The van der Waals surface area contributed by atoms with Crippen LogP contribution in [0, 0.1) is 0 Å². The highest BCUT2D eigenvalue weighted by Crippen LogP contribution is 2.27. The minimum Gasteiger partial charge on any atom is -0.344 e. The van der Waals surface area contributed by atoms with Crippen molar-refractivity contribution in [2.45, 2.75) is 6.42 Å². The van der Waals surface area contributed by atoms with Gasteiger partial charge in [0.05, 0.1) is 5.52 Å². The molecule has 0 amide bonds. The molecule has 3 heteroatoms. The molecule has 2 heterocycles. The molecule has 0 bridgehead atoms. The Labute approximate surface area is 106 Å². The van der Waals surface area contributed by atoms with Gasteiger partial charge in [-0.2, -0.15) is 12.6 Å². The minimum absolute atomic E-state index is 0.886. The Hall–Kier alpha value is -1.48. The number of fused-ring (bicyclic) bond motifs is 3. The van der Waals surface area contributed by atoms with Gasteiger partial charge < -0.3 is 4.57 Å². The van der Waals surface area contributed by atoms with Gasteiger partial charge >= 0.3 is 0 Å². The second kappa shape index (κ2) is 4.08. The van der Waals surface area contributed by atoms with Crippen LogP contribution in [-0.4, -0.2) is 15.3 Å². The lowest BCUT2D eigenvalue weighted by Crippen LogP contribution is -1.89. The normalized spacial score (nSPS) is 11.4. The number of rotatable bonds is 2. The third kappa shape index (κ3) is 1.62. The lowest BCUT2D eigenvalue weighted by Gasteiger charge is -2.01. The van der Waals surface area contributed by atoms with Gasteiger partial charge in [-0.15, -0.1) is 0 Å². The van der Waals surface area contributed by atoms with Crippen molar-refractivity contribution in [1.82, 2.24) is 9.55 Å². The Morgan fingerprint density at radius 2 is 2.06 bits per heavy atom. The molecule has 0 N–H and O–H groups in total. The average Bonchev–Trinajstić information content (AvgIpc) is 2.65. The Bertz CT molecular complexity index is 685. The maximum atomic E-state index is 4.29. The lowest BCUT2D eigenvalue weighted by molar-refractivity contribution is 1.01. The van der Waals surface area contributed by atoms with Crippen molar-refractivity contribution in [3.05, 3.63) is 42.2 Å². The van der Waals surface area contributed by atoms with Crippen LogP contribution in [0.25, 0.3) is 21.8 Å². The molecule has 0 spiro atoms. The fourth-order valence-corrected chi connectivity index (χ4v) is 2.64. The molecule has 17 heavy (non-hydrogen) atoms. The van der Waals surface area contributed by atoms with Gasteiger partial charge in [0, 0.05) is 35.7 Å². The van der Waals surface area contributed by atoms with Gasteiger partial charge in [-0.3, -0.25) is 4.98 Å². The number of hydrogen-bond acceptors (Lipinski definition) is 2. The van der Waals surface area contributed by atoms with Crippen LogP contribution < -0.4 is 0 Å². The molecule has 1 aromatic carbocycles. The molecule has 0 aliphatic rings. The van der Waals surface area contributed by atoms with Gasteiger partial charge in [0.15, 0.2) is 0 Å². The first kappa shape index (κ1) is 10.7. The van der Waals surface area contributed by atoms with Crippen molar-refractivity contribution in [2.75, 3.05) is 5.75 Å². The van der Waals surface area contributed by atoms with E-state index in [1.165, 1.54) is 27.4 Å². The number of thiol groups is 1. The fraction of sp³-hybridized carbons (Fsp3) is 0.214. The van der Waals surface area contributed by atoms with Crippen LogP contribution >= 0.6 is 12.6 Å². The Kier molecular flexibility index (Phi) is 2.56. The van der Waals surface area contributed by atoms with E-state index in [4.69, 9.17) is 0 Å². The quantitative estimate of drug-likeness (QED) is 0.683. The van der Waals surface area contributed by atoms with Gasteiger partial charge in [0.25, 0.3) is 0 Å². The molecule has 0 radical (unpaired) electrons. The van der Waals surface area contributed by atoms with Crippen LogP contribution in [0.5, 0.6) is 0 Å². The zero-order valence-corrected chi connectivity index (χ0v) is 10.6. The Morgan fingerprint density at radius 1 is 1.18 bits per heavy atom. The van der Waals surface area contributed by atoms with Crippen molar-refractivity contribution >= 4 is 34.4 Å². The summed E-state index contributed by atoms with van der Waals surface area (Å²) in [6.45, 7) is 0. The van der Waals surface area contributed by atoms with Crippen LogP contribution in [0.4, 0.5) is 0 Å². The van der Waals surface area contributed by atoms with Crippen LogP contribution in [-0.2, 0) is 13.5 Å². The van der Waals surface area contributed by atoms with Crippen molar-refractivity contribution in [3.8, 4) is 0 Å². The van der Waals surface area contributed by atoms with Crippen LogP contribution in [0.2, 0.25) is 0 Å². The highest BCUT2D eigenvalue weighted by atomic mass is 32.1. The summed E-state index contributed by atoms with van der Waals surface area (Å²) in [6, 6.07) is 8.70. The molecule has 2 aromatic heterocycles. The van der Waals surface area contributed by atoms with E-state index in [0.29, 0.717) is 0 Å². The van der Waals surface area contributed by atoms with Gasteiger partial charge in [0.1, 0.15) is 0 Å². The molecule has 2 nitrogen and oxygen atoms in total. The third-order valence-electron chi connectivity index (χ3n) is 3.27. The summed E-state index contributed by atoms with van der Waals surface area (Å²) in [5, 5.41) is 2.50. The molecule has 3 aromatic rings. The minimum atomic E-state index is 0.886. The van der Waals surface area contributed by atoms with Gasteiger partial charge in [0.2, 0.25) is 0 Å². The largest absolute Gasteiger partial charge is 0.344 e. The summed E-state index contributed by atoms with van der Waals surface area (Å²) >= 11 is 4.29. The SMILES string of the molecule is Cn1c2ccncc2c2ccc(CCS)cc21. The van der Waals surface area contributed by atoms with E-state index in [0.717, 1.165) is 12.2 Å². The summed E-state index contributed by atoms with van der Waals surface area (Å²) in [5.41, 5.74) is 3.84. The maximum Gasteiger partial charge on any atom is 0.0519 e. The highest BCUT2D eigenvalue weighted by molar-refractivity contribution is 7.80. The van der Waals surface area contributed by atoms with Gasteiger partial charge in [-0.1, -0.05) is 12.1 Å². The second-order valence-corrected chi connectivity index (χ2v) is 4.72. The lowest BCUT2D eigenvalue weighted by atomic mass is 10.1. The first-order valence-electron chi connectivity index (χ1n) is 5.73. The summed E-state index contributed by atoms with van der Waals surface area (Å²) in [4.78, 5) is 4.21. The predicted molar refractivity (Wildman–Crippen MR) is 75.8 cm³/mol. The van der Waals surface area contributed by atoms with E-state index in [-0.39, 0.29) is 0 Å². The zero-order valence-electron chi connectivity index (χ0n) is 9.72. The molecule has 0 aliphatic heterocycles. The van der Waals surface area contributed by atoms with Crippen molar-refractivity contribution < 1.29 is 0 Å². The van der Waals surface area contributed by atoms with Crippen LogP contribution in [0.1, 0.15) is 5.56 Å². The van der Waals surface area contributed by atoms with Crippen molar-refractivity contribution in [1.29, 1.82) is 0 Å². The second-order valence-electron chi connectivity index (χ2n) is 4.28. The van der Waals surface area contributed by atoms with E-state index in [2.05, 4.69) is 53.5 Å². The third-order valence-corrected chi connectivity index (χ3v) is 3.50. The number of aryl methyl sites for hydroxylation is 2. The number of nitrogens with zero attached hydrogens (tertiary/aromatic N) is 2. The summed E-state index contributed by atoms with van der Waals surface area (Å²) < 4.78 is 2.23. The monoisotopic (exact) mass is 242 g/mol. The van der Waals surface area contributed by atoms with Crippen molar-refractivity contribution in [2.24, 2.45) is 7.05 Å². The average molecular weight is 242 g/mol. The van der Waals surface area contributed by atoms with E-state index < -0.39 is 0 Å². The van der Waals surface area contributed by atoms with Gasteiger partial charge in [-0.25, -0.2) is 0 Å². The molecule has 0 aliphatic carbocycles. The van der Waals surface area contributed by atoms with Gasteiger partial charge in [-0.05, 0) is 29.9 Å². The van der Waals surface area contributed by atoms with Crippen LogP contribution in [0.3, 0.4) is 0 Å². The first-order valence-corrected chi connectivity index (χ1v) is 6.36. The van der Waals surface area contributed by atoms with E-state index >= 15 is 0 Å². The Morgan fingerprint density at radius 3 is 2.88 bits per heavy atom. The standard InChI is InChI=1S/C14H14N2S/c1-16-13-4-6-15-9-12(13)11-3-2-10(5-7-17)8-14(11)16/h2-4,6,8-9,17H,5,7H2,1H3. The van der Waals surface area contributed by atoms with E-state index in [1.54, 1.807) is 0 Å². The smallest absolute Gasteiger partial charge is 0.0519 e. The number of hydrogen-bond donors (Lipinski definition) is 1. The number of aromatic nitrogens is 2. The predicted octanol–water partition coefficient (Wildman–Crippen LogP) is 3.20. The molecule has 86 valence electrons. The topological polar surface area (TPSA) is 17.8 Å². The number of benzene rings is 1. The molecule has 0 unspecified atom stereocenters. The zero-order chi connectivity index (χ0) is 11.8. The Balaban J connectivity index is 2.36. The molecular weight excluding hydrogens is 228 g/mol. The fourth-order valence-electron chi connectivity index (χ4n) is 2.38. The number of pyridine rings is 1. The maximum absolute atomic E-state index is 4.29. The molecule has 0 atom stereocenters. The van der Waals surface area contributed by atoms with Crippen molar-refractivity contribution in [3.63, 3.8) is 0 Å². The molecule has 0 saturated heterocycles. The first-order chi connectivity index (χ1) is 8.31. The molecule has 3 rings (SSSR count). The summed E-state index contributed by atoms with van der Waals surface area (Å²) in [6.07, 6.45) is 4.80. The molecular formula is C14H14N2S. The summed E-state index contributed by atoms with van der Waals surface area (Å²) in [7, 11) is 2.11. The summed E-state index contributed by atoms with van der Waals surface area (Å²) in [5.74, 6) is 0.886. The van der Waals surface area contributed by atoms with E-state index in [9.17, 15) is 0 Å². The molecule has 0 fully saturated rings. The highest BCUT2D eigenvalue weighted by Gasteiger charge is 2.07.